The standard InChI is InChI=1S/C15H19NO3S/c17-13(16-15(14(18)19)9-5-10-15)8-4-11-20-12-6-2-1-3-7-12/h1-3,6-7H,4-5,8-11H2,(H,16,17)(H,18,19). The number of carboxylic acids is 1. The van der Waals surface area contributed by atoms with Gasteiger partial charge in [-0.25, -0.2) is 4.79 Å². The van der Waals surface area contributed by atoms with Crippen LogP contribution in [0.3, 0.4) is 0 Å². The minimum absolute atomic E-state index is 0.152. The molecule has 0 aromatic heterocycles. The maximum Gasteiger partial charge on any atom is 0.329 e. The first-order chi connectivity index (χ1) is 9.62. The highest BCUT2D eigenvalue weighted by Gasteiger charge is 2.45. The van der Waals surface area contributed by atoms with Gasteiger partial charge >= 0.3 is 5.97 Å². The van der Waals surface area contributed by atoms with Crippen LogP contribution in [0.4, 0.5) is 0 Å². The molecule has 1 aromatic carbocycles. The average molecular weight is 293 g/mol. The van der Waals surface area contributed by atoms with Gasteiger partial charge in [-0.3, -0.25) is 4.79 Å². The fourth-order valence-corrected chi connectivity index (χ4v) is 3.07. The van der Waals surface area contributed by atoms with Crippen molar-refractivity contribution in [1.82, 2.24) is 5.32 Å². The number of benzene rings is 1. The Morgan fingerprint density at radius 1 is 1.25 bits per heavy atom. The summed E-state index contributed by atoms with van der Waals surface area (Å²) in [7, 11) is 0. The molecule has 20 heavy (non-hydrogen) atoms. The van der Waals surface area contributed by atoms with Crippen LogP contribution in [0.15, 0.2) is 35.2 Å². The summed E-state index contributed by atoms with van der Waals surface area (Å²) in [4.78, 5) is 24.1. The molecule has 0 heterocycles. The lowest BCUT2D eigenvalue weighted by Gasteiger charge is -2.38. The molecule has 1 fully saturated rings. The van der Waals surface area contributed by atoms with E-state index < -0.39 is 11.5 Å². The summed E-state index contributed by atoms with van der Waals surface area (Å²) in [5.41, 5.74) is -0.982. The summed E-state index contributed by atoms with van der Waals surface area (Å²) in [6.07, 6.45) is 3.10. The zero-order valence-corrected chi connectivity index (χ0v) is 12.1. The molecule has 1 aliphatic rings. The number of amides is 1. The monoisotopic (exact) mass is 293 g/mol. The van der Waals surface area contributed by atoms with Gasteiger partial charge in [0.15, 0.2) is 0 Å². The predicted molar refractivity (Wildman–Crippen MR) is 78.8 cm³/mol. The number of thioether (sulfide) groups is 1. The van der Waals surface area contributed by atoms with E-state index >= 15 is 0 Å². The van der Waals surface area contributed by atoms with Gasteiger partial charge < -0.3 is 10.4 Å². The number of nitrogens with one attached hydrogen (secondary N) is 1. The van der Waals surface area contributed by atoms with Crippen molar-refractivity contribution in [2.75, 3.05) is 5.75 Å². The van der Waals surface area contributed by atoms with E-state index in [-0.39, 0.29) is 5.91 Å². The Bertz CT molecular complexity index is 471. The Labute approximate surface area is 123 Å². The van der Waals surface area contributed by atoms with Crippen LogP contribution in [0, 0.1) is 0 Å². The van der Waals surface area contributed by atoms with Crippen molar-refractivity contribution in [3.63, 3.8) is 0 Å². The van der Waals surface area contributed by atoms with E-state index in [9.17, 15) is 9.59 Å². The minimum Gasteiger partial charge on any atom is -0.480 e. The quantitative estimate of drug-likeness (QED) is 0.599. The lowest BCUT2D eigenvalue weighted by atomic mass is 9.76. The molecule has 0 aliphatic heterocycles. The first kappa shape index (κ1) is 14.9. The van der Waals surface area contributed by atoms with E-state index in [1.807, 2.05) is 30.3 Å². The van der Waals surface area contributed by atoms with Crippen LogP contribution in [0.25, 0.3) is 0 Å². The third-order valence-electron chi connectivity index (χ3n) is 3.56. The normalized spacial score (nSPS) is 16.2. The third kappa shape index (κ3) is 3.76. The topological polar surface area (TPSA) is 66.4 Å². The fourth-order valence-electron chi connectivity index (χ4n) is 2.19. The lowest BCUT2D eigenvalue weighted by molar-refractivity contribution is -0.151. The zero-order valence-electron chi connectivity index (χ0n) is 11.3. The molecule has 0 spiro atoms. The smallest absolute Gasteiger partial charge is 0.329 e. The van der Waals surface area contributed by atoms with Gasteiger partial charge in [-0.1, -0.05) is 18.2 Å². The Hall–Kier alpha value is -1.49. The van der Waals surface area contributed by atoms with Gasteiger partial charge in [0.25, 0.3) is 0 Å². The first-order valence-electron chi connectivity index (χ1n) is 6.85. The van der Waals surface area contributed by atoms with E-state index in [0.717, 1.165) is 18.6 Å². The maximum absolute atomic E-state index is 11.8. The average Bonchev–Trinajstić information content (AvgIpc) is 2.40. The molecule has 0 saturated heterocycles. The summed E-state index contributed by atoms with van der Waals surface area (Å²) >= 11 is 1.71. The largest absolute Gasteiger partial charge is 0.480 e. The summed E-state index contributed by atoms with van der Waals surface area (Å²) in [5, 5.41) is 11.8. The molecule has 1 saturated carbocycles. The van der Waals surface area contributed by atoms with Crippen molar-refractivity contribution in [3.8, 4) is 0 Å². The van der Waals surface area contributed by atoms with Gasteiger partial charge in [-0.05, 0) is 43.6 Å². The Kier molecular flexibility index (Phi) is 5.06. The fraction of sp³-hybridized carbons (Fsp3) is 0.467. The highest BCUT2D eigenvalue weighted by molar-refractivity contribution is 7.99. The van der Waals surface area contributed by atoms with Gasteiger partial charge in [0, 0.05) is 11.3 Å². The summed E-state index contributed by atoms with van der Waals surface area (Å²) in [5.74, 6) is -0.200. The van der Waals surface area contributed by atoms with Crippen LogP contribution in [0.5, 0.6) is 0 Å². The van der Waals surface area contributed by atoms with Crippen LogP contribution in [0.2, 0.25) is 0 Å². The molecule has 4 nitrogen and oxygen atoms in total. The van der Waals surface area contributed by atoms with E-state index in [1.54, 1.807) is 11.8 Å². The van der Waals surface area contributed by atoms with Crippen LogP contribution < -0.4 is 5.32 Å². The molecular weight excluding hydrogens is 274 g/mol. The second-order valence-corrected chi connectivity index (χ2v) is 6.22. The van der Waals surface area contributed by atoms with Crippen molar-refractivity contribution in [2.45, 2.75) is 42.5 Å². The van der Waals surface area contributed by atoms with Gasteiger partial charge in [0.05, 0.1) is 0 Å². The molecule has 1 aliphatic carbocycles. The van der Waals surface area contributed by atoms with Crippen molar-refractivity contribution < 1.29 is 14.7 Å². The van der Waals surface area contributed by atoms with Gasteiger partial charge in [-0.15, -0.1) is 11.8 Å². The number of aliphatic carboxylic acids is 1. The molecule has 0 bridgehead atoms. The van der Waals surface area contributed by atoms with Crippen LogP contribution in [0.1, 0.15) is 32.1 Å². The Morgan fingerprint density at radius 2 is 1.95 bits per heavy atom. The molecule has 108 valence electrons. The summed E-state index contributed by atoms with van der Waals surface area (Å²) in [6.45, 7) is 0. The van der Waals surface area contributed by atoms with Crippen LogP contribution >= 0.6 is 11.8 Å². The highest BCUT2D eigenvalue weighted by atomic mass is 32.2. The van der Waals surface area contributed by atoms with Crippen LogP contribution in [-0.4, -0.2) is 28.3 Å². The number of hydrogen-bond acceptors (Lipinski definition) is 3. The second kappa shape index (κ2) is 6.79. The molecule has 0 atom stereocenters. The first-order valence-corrected chi connectivity index (χ1v) is 7.83. The maximum atomic E-state index is 11.8. The van der Waals surface area contributed by atoms with Gasteiger partial charge in [0.2, 0.25) is 5.91 Å². The minimum atomic E-state index is -0.982. The second-order valence-electron chi connectivity index (χ2n) is 5.05. The van der Waals surface area contributed by atoms with E-state index in [2.05, 4.69) is 5.32 Å². The number of hydrogen-bond donors (Lipinski definition) is 2. The highest BCUT2D eigenvalue weighted by Crippen LogP contribution is 2.32. The zero-order chi connectivity index (χ0) is 14.4. The molecule has 1 aromatic rings. The molecule has 2 rings (SSSR count). The molecule has 0 unspecified atom stereocenters. The van der Waals surface area contributed by atoms with E-state index in [4.69, 9.17) is 5.11 Å². The number of carbonyl (C=O) groups is 2. The Balaban J connectivity index is 1.67. The molecule has 0 radical (unpaired) electrons. The molecular formula is C15H19NO3S. The number of rotatable bonds is 7. The van der Waals surface area contributed by atoms with Crippen LogP contribution in [-0.2, 0) is 9.59 Å². The molecule has 2 N–H and O–H groups in total. The Morgan fingerprint density at radius 3 is 2.50 bits per heavy atom. The molecule has 5 heteroatoms. The van der Waals surface area contributed by atoms with E-state index in [1.165, 1.54) is 4.90 Å². The SMILES string of the molecule is O=C(CCCSc1ccccc1)NC1(C(=O)O)CCC1. The van der Waals surface area contributed by atoms with Gasteiger partial charge in [0.1, 0.15) is 5.54 Å². The van der Waals surface area contributed by atoms with E-state index in [0.29, 0.717) is 19.3 Å². The lowest BCUT2D eigenvalue weighted by Crippen LogP contribution is -2.59. The third-order valence-corrected chi connectivity index (χ3v) is 4.65. The van der Waals surface area contributed by atoms with Crippen molar-refractivity contribution in [3.05, 3.63) is 30.3 Å². The number of carboxylic acid groups (broad SMARTS) is 1. The van der Waals surface area contributed by atoms with Gasteiger partial charge in [-0.2, -0.15) is 0 Å². The molecule has 1 amide bonds. The number of carbonyl (C=O) groups excluding carboxylic acids is 1. The van der Waals surface area contributed by atoms with Crippen molar-refractivity contribution >= 4 is 23.6 Å². The van der Waals surface area contributed by atoms with Crippen molar-refractivity contribution in [1.29, 1.82) is 0 Å². The van der Waals surface area contributed by atoms with Crippen molar-refractivity contribution in [2.24, 2.45) is 0 Å². The predicted octanol–water partition coefficient (Wildman–Crippen LogP) is 2.68. The summed E-state index contributed by atoms with van der Waals surface area (Å²) in [6, 6.07) is 10.0. The summed E-state index contributed by atoms with van der Waals surface area (Å²) < 4.78 is 0.